The third kappa shape index (κ3) is 1.44. The number of esters is 1. The van der Waals surface area contributed by atoms with Crippen LogP contribution in [0.1, 0.15) is 10.4 Å². The monoisotopic (exact) mass is 218 g/mol. The van der Waals surface area contributed by atoms with Gasteiger partial charge in [-0.25, -0.2) is 4.79 Å². The molecule has 0 atom stereocenters. The zero-order valence-corrected chi connectivity index (χ0v) is 8.60. The molecule has 0 aromatic heterocycles. The van der Waals surface area contributed by atoms with Crippen LogP contribution < -0.4 is 0 Å². The summed E-state index contributed by atoms with van der Waals surface area (Å²) in [7, 11) is 1.22. The van der Waals surface area contributed by atoms with Gasteiger partial charge >= 0.3 is 5.97 Å². The van der Waals surface area contributed by atoms with E-state index in [1.54, 1.807) is 24.3 Å². The summed E-state index contributed by atoms with van der Waals surface area (Å²) in [5.74, 6) is -1.46. The average molecular weight is 218 g/mol. The van der Waals surface area contributed by atoms with Gasteiger partial charge in [0.1, 0.15) is 5.56 Å². The van der Waals surface area contributed by atoms with E-state index in [4.69, 9.17) is 0 Å². The van der Waals surface area contributed by atoms with E-state index in [2.05, 4.69) is 4.74 Å². The number of phenolic OH excluding ortho intramolecular Hbond substituents is 2. The molecule has 4 heteroatoms. The first kappa shape index (κ1) is 10.3. The minimum Gasteiger partial charge on any atom is -0.504 e. The number of ether oxygens (including phenoxy) is 1. The second-order valence-corrected chi connectivity index (χ2v) is 3.33. The number of carbonyl (C=O) groups excluding carboxylic acids is 1. The third-order valence-electron chi connectivity index (χ3n) is 2.39. The molecule has 2 rings (SSSR count). The van der Waals surface area contributed by atoms with Crippen LogP contribution in [0, 0.1) is 0 Å². The molecule has 2 aromatic rings. The molecule has 0 fully saturated rings. The van der Waals surface area contributed by atoms with E-state index in [-0.39, 0.29) is 11.3 Å². The van der Waals surface area contributed by atoms with Crippen molar-refractivity contribution < 1.29 is 19.7 Å². The SMILES string of the molecule is COC(=O)c1c(O)c(O)cc2ccccc12. The topological polar surface area (TPSA) is 66.8 Å². The molecule has 0 unspecified atom stereocenters. The molecule has 0 aliphatic carbocycles. The van der Waals surface area contributed by atoms with Gasteiger partial charge in [0, 0.05) is 5.39 Å². The van der Waals surface area contributed by atoms with Gasteiger partial charge in [0.25, 0.3) is 0 Å². The van der Waals surface area contributed by atoms with E-state index in [1.165, 1.54) is 13.2 Å². The van der Waals surface area contributed by atoms with Gasteiger partial charge in [-0.1, -0.05) is 24.3 Å². The highest BCUT2D eigenvalue weighted by molar-refractivity contribution is 6.08. The van der Waals surface area contributed by atoms with Gasteiger partial charge in [-0.3, -0.25) is 0 Å². The first-order valence-corrected chi connectivity index (χ1v) is 4.67. The number of hydrogen-bond acceptors (Lipinski definition) is 4. The lowest BCUT2D eigenvalue weighted by Gasteiger charge is -2.08. The Hall–Kier alpha value is -2.23. The molecule has 0 spiro atoms. The van der Waals surface area contributed by atoms with Gasteiger partial charge in [-0.05, 0) is 11.5 Å². The number of carbonyl (C=O) groups is 1. The predicted octanol–water partition coefficient (Wildman–Crippen LogP) is 2.04. The Balaban J connectivity index is 2.87. The largest absolute Gasteiger partial charge is 0.504 e. The van der Waals surface area contributed by atoms with Gasteiger partial charge in [0.2, 0.25) is 0 Å². The third-order valence-corrected chi connectivity index (χ3v) is 2.39. The standard InChI is InChI=1S/C12H10O4/c1-16-12(15)10-8-5-3-2-4-7(8)6-9(13)11(10)14/h2-6,13-14H,1H3. The quantitative estimate of drug-likeness (QED) is 0.567. The maximum absolute atomic E-state index is 11.5. The molecule has 16 heavy (non-hydrogen) atoms. The molecule has 0 saturated heterocycles. The van der Waals surface area contributed by atoms with Crippen LogP contribution >= 0.6 is 0 Å². The number of phenols is 2. The Morgan fingerprint density at radius 1 is 1.25 bits per heavy atom. The molecule has 2 aromatic carbocycles. The van der Waals surface area contributed by atoms with Crippen LogP contribution in [0.15, 0.2) is 30.3 Å². The van der Waals surface area contributed by atoms with Crippen LogP contribution in [0.5, 0.6) is 11.5 Å². The van der Waals surface area contributed by atoms with Crippen molar-refractivity contribution >= 4 is 16.7 Å². The van der Waals surface area contributed by atoms with E-state index in [0.29, 0.717) is 10.8 Å². The smallest absolute Gasteiger partial charge is 0.342 e. The second kappa shape index (κ2) is 3.73. The van der Waals surface area contributed by atoms with Gasteiger partial charge in [-0.15, -0.1) is 0 Å². The van der Waals surface area contributed by atoms with Gasteiger partial charge in [0.05, 0.1) is 7.11 Å². The van der Waals surface area contributed by atoms with Crippen LogP contribution in [-0.4, -0.2) is 23.3 Å². The Morgan fingerprint density at radius 3 is 2.62 bits per heavy atom. The summed E-state index contributed by atoms with van der Waals surface area (Å²) in [5, 5.41) is 20.3. The Labute approximate surface area is 91.7 Å². The normalized spacial score (nSPS) is 10.3. The highest BCUT2D eigenvalue weighted by Gasteiger charge is 2.18. The van der Waals surface area contributed by atoms with Crippen LogP contribution in [0.2, 0.25) is 0 Å². The predicted molar refractivity (Wildman–Crippen MR) is 58.6 cm³/mol. The molecule has 0 saturated carbocycles. The fourth-order valence-corrected chi connectivity index (χ4v) is 1.63. The summed E-state index contributed by atoms with van der Waals surface area (Å²) in [6, 6.07) is 8.34. The molecule has 0 bridgehead atoms. The van der Waals surface area contributed by atoms with Crippen molar-refractivity contribution in [3.05, 3.63) is 35.9 Å². The van der Waals surface area contributed by atoms with Crippen molar-refractivity contribution in [3.63, 3.8) is 0 Å². The van der Waals surface area contributed by atoms with Crippen molar-refractivity contribution in [1.29, 1.82) is 0 Å². The Bertz CT molecular complexity index is 560. The summed E-state index contributed by atoms with van der Waals surface area (Å²) in [4.78, 5) is 11.5. The molecule has 0 amide bonds. The lowest BCUT2D eigenvalue weighted by Crippen LogP contribution is -2.02. The van der Waals surface area contributed by atoms with Gasteiger partial charge in [0.15, 0.2) is 11.5 Å². The minimum atomic E-state index is -0.676. The number of aromatic hydroxyl groups is 2. The maximum atomic E-state index is 11.5. The van der Waals surface area contributed by atoms with Crippen molar-refractivity contribution in [2.45, 2.75) is 0 Å². The number of methoxy groups -OCH3 is 1. The molecule has 0 aliphatic rings. The first-order valence-electron chi connectivity index (χ1n) is 4.67. The van der Waals surface area contributed by atoms with Crippen LogP contribution in [0.3, 0.4) is 0 Å². The fourth-order valence-electron chi connectivity index (χ4n) is 1.63. The van der Waals surface area contributed by atoms with Crippen LogP contribution in [0.25, 0.3) is 10.8 Å². The van der Waals surface area contributed by atoms with Crippen molar-refractivity contribution in [1.82, 2.24) is 0 Å². The molecule has 0 aliphatic heterocycles. The van der Waals surface area contributed by atoms with Crippen LogP contribution in [-0.2, 0) is 4.74 Å². The van der Waals surface area contributed by atoms with Crippen molar-refractivity contribution in [2.75, 3.05) is 7.11 Å². The lowest BCUT2D eigenvalue weighted by atomic mass is 10.0. The van der Waals surface area contributed by atoms with Gasteiger partial charge < -0.3 is 14.9 Å². The first-order chi connectivity index (χ1) is 7.65. The minimum absolute atomic E-state index is 0.0156. The molecule has 0 radical (unpaired) electrons. The number of rotatable bonds is 1. The van der Waals surface area contributed by atoms with E-state index in [0.717, 1.165) is 0 Å². The highest BCUT2D eigenvalue weighted by atomic mass is 16.5. The summed E-state index contributed by atoms with van der Waals surface area (Å²) in [5.41, 5.74) is -0.0156. The van der Waals surface area contributed by atoms with E-state index in [9.17, 15) is 15.0 Å². The molecule has 82 valence electrons. The highest BCUT2D eigenvalue weighted by Crippen LogP contribution is 2.35. The lowest BCUT2D eigenvalue weighted by molar-refractivity contribution is 0.0599. The summed E-state index contributed by atoms with van der Waals surface area (Å²) < 4.78 is 4.57. The Kier molecular flexibility index (Phi) is 2.40. The van der Waals surface area contributed by atoms with Gasteiger partial charge in [-0.2, -0.15) is 0 Å². The summed E-state index contributed by atoms with van der Waals surface area (Å²) in [6.07, 6.45) is 0. The molecule has 4 nitrogen and oxygen atoms in total. The zero-order chi connectivity index (χ0) is 11.7. The zero-order valence-electron chi connectivity index (χ0n) is 8.60. The summed E-state index contributed by atoms with van der Waals surface area (Å²) >= 11 is 0. The number of hydrogen-bond donors (Lipinski definition) is 2. The van der Waals surface area contributed by atoms with Crippen LogP contribution in [0.4, 0.5) is 0 Å². The molecule has 2 N–H and O–H groups in total. The van der Waals surface area contributed by atoms with E-state index < -0.39 is 11.7 Å². The second-order valence-electron chi connectivity index (χ2n) is 3.33. The average Bonchev–Trinajstić information content (AvgIpc) is 2.30. The molecular weight excluding hydrogens is 208 g/mol. The van der Waals surface area contributed by atoms with Crippen molar-refractivity contribution in [3.8, 4) is 11.5 Å². The molecular formula is C12H10O4. The number of benzene rings is 2. The maximum Gasteiger partial charge on any atom is 0.342 e. The molecule has 0 heterocycles. The van der Waals surface area contributed by atoms with E-state index >= 15 is 0 Å². The summed E-state index contributed by atoms with van der Waals surface area (Å²) in [6.45, 7) is 0. The Morgan fingerprint density at radius 2 is 1.94 bits per heavy atom. The number of fused-ring (bicyclic) bond motifs is 1. The van der Waals surface area contributed by atoms with E-state index in [1.807, 2.05) is 0 Å². The van der Waals surface area contributed by atoms with Crippen molar-refractivity contribution in [2.24, 2.45) is 0 Å². The fraction of sp³-hybridized carbons (Fsp3) is 0.0833.